The molecule has 0 aliphatic heterocycles. The Balaban J connectivity index is 3.14. The molecule has 120 valence electrons. The second-order valence-electron chi connectivity index (χ2n) is 5.37. The zero-order chi connectivity index (χ0) is 15.7. The van der Waals surface area contributed by atoms with Crippen LogP contribution in [-0.2, 0) is 4.74 Å². The van der Waals surface area contributed by atoms with Gasteiger partial charge in [0.2, 0.25) is 0 Å². The van der Waals surface area contributed by atoms with Crippen molar-refractivity contribution >= 4 is 0 Å². The van der Waals surface area contributed by atoms with Gasteiger partial charge in [-0.15, -0.1) is 0 Å². The number of hydrogen-bond donors (Lipinski definition) is 1. The third-order valence-corrected chi connectivity index (χ3v) is 4.23. The highest BCUT2D eigenvalue weighted by molar-refractivity contribution is 5.32. The summed E-state index contributed by atoms with van der Waals surface area (Å²) in [6.07, 6.45) is 3.05. The molecule has 0 heterocycles. The molecule has 3 heteroatoms. The summed E-state index contributed by atoms with van der Waals surface area (Å²) in [5.41, 5.74) is 1.06. The van der Waals surface area contributed by atoms with E-state index in [9.17, 15) is 0 Å². The summed E-state index contributed by atoms with van der Waals surface area (Å²) < 4.78 is 11.6. The standard InChI is InChI=1S/C18H31NO2/c1-6-13-19-17(18(7-2,8-3)20-5)15-11-10-12-16(14-15)21-9-4/h10-12,14,17,19H,6-9,13H2,1-5H3. The minimum atomic E-state index is -0.181. The van der Waals surface area contributed by atoms with Crippen LogP contribution < -0.4 is 10.1 Å². The maximum absolute atomic E-state index is 5.95. The Morgan fingerprint density at radius 2 is 1.86 bits per heavy atom. The van der Waals surface area contributed by atoms with Crippen LogP contribution >= 0.6 is 0 Å². The van der Waals surface area contributed by atoms with Crippen LogP contribution in [-0.4, -0.2) is 25.9 Å². The minimum Gasteiger partial charge on any atom is -0.494 e. The van der Waals surface area contributed by atoms with E-state index in [1.165, 1.54) is 5.56 Å². The zero-order valence-electron chi connectivity index (χ0n) is 14.2. The average molecular weight is 293 g/mol. The molecule has 21 heavy (non-hydrogen) atoms. The topological polar surface area (TPSA) is 30.5 Å². The van der Waals surface area contributed by atoms with Crippen LogP contribution in [0, 0.1) is 0 Å². The first-order valence-corrected chi connectivity index (χ1v) is 8.18. The van der Waals surface area contributed by atoms with Gasteiger partial charge in [-0.3, -0.25) is 0 Å². The molecule has 0 fully saturated rings. The SMILES string of the molecule is CCCNC(c1cccc(OCC)c1)C(CC)(CC)OC. The van der Waals surface area contributed by atoms with E-state index in [0.717, 1.165) is 31.6 Å². The largest absolute Gasteiger partial charge is 0.494 e. The molecular weight excluding hydrogens is 262 g/mol. The Morgan fingerprint density at radius 1 is 1.14 bits per heavy atom. The fourth-order valence-electron chi connectivity index (χ4n) is 2.91. The molecule has 1 N–H and O–H groups in total. The number of nitrogens with one attached hydrogen (secondary N) is 1. The molecule has 0 spiro atoms. The molecule has 1 rings (SSSR count). The van der Waals surface area contributed by atoms with Crippen LogP contribution in [0.3, 0.4) is 0 Å². The summed E-state index contributed by atoms with van der Waals surface area (Å²) >= 11 is 0. The Bertz CT molecular complexity index is 394. The number of benzene rings is 1. The highest BCUT2D eigenvalue weighted by atomic mass is 16.5. The van der Waals surface area contributed by atoms with E-state index in [-0.39, 0.29) is 11.6 Å². The zero-order valence-corrected chi connectivity index (χ0v) is 14.2. The molecule has 3 nitrogen and oxygen atoms in total. The van der Waals surface area contributed by atoms with Gasteiger partial charge in [0.15, 0.2) is 0 Å². The van der Waals surface area contributed by atoms with Crippen LogP contribution in [0.5, 0.6) is 5.75 Å². The van der Waals surface area contributed by atoms with Crippen LogP contribution in [0.4, 0.5) is 0 Å². The smallest absolute Gasteiger partial charge is 0.119 e. The lowest BCUT2D eigenvalue weighted by Crippen LogP contribution is -2.45. The van der Waals surface area contributed by atoms with E-state index in [4.69, 9.17) is 9.47 Å². The lowest BCUT2D eigenvalue weighted by molar-refractivity contribution is -0.0485. The quantitative estimate of drug-likeness (QED) is 0.696. The number of methoxy groups -OCH3 is 1. The third kappa shape index (κ3) is 4.45. The molecular formula is C18H31NO2. The van der Waals surface area contributed by atoms with E-state index in [1.807, 2.05) is 20.1 Å². The molecule has 0 amide bonds. The van der Waals surface area contributed by atoms with Gasteiger partial charge in [-0.05, 0) is 50.4 Å². The first-order valence-electron chi connectivity index (χ1n) is 8.18. The molecule has 0 aromatic heterocycles. The number of ether oxygens (including phenoxy) is 2. The summed E-state index contributed by atoms with van der Waals surface area (Å²) in [6.45, 7) is 10.3. The summed E-state index contributed by atoms with van der Waals surface area (Å²) in [6, 6.07) is 8.55. The van der Waals surface area contributed by atoms with Crippen molar-refractivity contribution in [1.82, 2.24) is 5.32 Å². The Kier molecular flexibility index (Phi) is 7.76. The highest BCUT2D eigenvalue weighted by Crippen LogP contribution is 2.36. The monoisotopic (exact) mass is 293 g/mol. The van der Waals surface area contributed by atoms with Crippen molar-refractivity contribution in [3.63, 3.8) is 0 Å². The minimum absolute atomic E-state index is 0.179. The summed E-state index contributed by atoms with van der Waals surface area (Å²) in [4.78, 5) is 0. The van der Waals surface area contributed by atoms with Crippen molar-refractivity contribution in [3.8, 4) is 5.75 Å². The van der Waals surface area contributed by atoms with Crippen molar-refractivity contribution in [1.29, 1.82) is 0 Å². The van der Waals surface area contributed by atoms with Crippen molar-refractivity contribution in [2.75, 3.05) is 20.3 Å². The maximum Gasteiger partial charge on any atom is 0.119 e. The number of hydrogen-bond acceptors (Lipinski definition) is 3. The van der Waals surface area contributed by atoms with Gasteiger partial charge in [0.05, 0.1) is 18.2 Å². The van der Waals surface area contributed by atoms with Gasteiger partial charge < -0.3 is 14.8 Å². The predicted molar refractivity (Wildman–Crippen MR) is 89.0 cm³/mol. The van der Waals surface area contributed by atoms with Gasteiger partial charge in [0.25, 0.3) is 0 Å². The Labute approximate surface area is 130 Å². The van der Waals surface area contributed by atoms with Gasteiger partial charge >= 0.3 is 0 Å². The Morgan fingerprint density at radius 3 is 2.38 bits per heavy atom. The molecule has 1 unspecified atom stereocenters. The van der Waals surface area contributed by atoms with Gasteiger partial charge in [0.1, 0.15) is 5.75 Å². The van der Waals surface area contributed by atoms with Gasteiger partial charge in [-0.1, -0.05) is 32.9 Å². The van der Waals surface area contributed by atoms with Crippen LogP contribution in [0.2, 0.25) is 0 Å². The fraction of sp³-hybridized carbons (Fsp3) is 0.667. The summed E-state index contributed by atoms with van der Waals surface area (Å²) in [7, 11) is 1.82. The lowest BCUT2D eigenvalue weighted by atomic mass is 9.83. The normalized spacial score (nSPS) is 13.2. The van der Waals surface area contributed by atoms with E-state index >= 15 is 0 Å². The summed E-state index contributed by atoms with van der Waals surface area (Å²) in [5, 5.41) is 3.67. The molecule has 0 saturated heterocycles. The maximum atomic E-state index is 5.95. The Hall–Kier alpha value is -1.06. The molecule has 1 aromatic rings. The second kappa shape index (κ2) is 9.06. The van der Waals surface area contributed by atoms with Gasteiger partial charge in [-0.25, -0.2) is 0 Å². The molecule has 1 aromatic carbocycles. The van der Waals surface area contributed by atoms with Crippen molar-refractivity contribution in [2.45, 2.75) is 58.6 Å². The lowest BCUT2D eigenvalue weighted by Gasteiger charge is -2.39. The van der Waals surface area contributed by atoms with E-state index in [0.29, 0.717) is 6.61 Å². The van der Waals surface area contributed by atoms with Crippen LogP contribution in [0.1, 0.15) is 58.6 Å². The third-order valence-electron chi connectivity index (χ3n) is 4.23. The van der Waals surface area contributed by atoms with E-state index in [2.05, 4.69) is 44.3 Å². The van der Waals surface area contributed by atoms with Crippen molar-refractivity contribution in [2.24, 2.45) is 0 Å². The van der Waals surface area contributed by atoms with Crippen molar-refractivity contribution < 1.29 is 9.47 Å². The molecule has 0 aliphatic rings. The van der Waals surface area contributed by atoms with Crippen molar-refractivity contribution in [3.05, 3.63) is 29.8 Å². The molecule has 0 bridgehead atoms. The van der Waals surface area contributed by atoms with Gasteiger partial charge in [0, 0.05) is 7.11 Å². The first-order chi connectivity index (χ1) is 10.2. The van der Waals surface area contributed by atoms with E-state index < -0.39 is 0 Å². The first kappa shape index (κ1) is 18.0. The van der Waals surface area contributed by atoms with Gasteiger partial charge in [-0.2, -0.15) is 0 Å². The van der Waals surface area contributed by atoms with Crippen LogP contribution in [0.15, 0.2) is 24.3 Å². The highest BCUT2D eigenvalue weighted by Gasteiger charge is 2.36. The average Bonchev–Trinajstić information content (AvgIpc) is 2.52. The summed E-state index contributed by atoms with van der Waals surface area (Å²) in [5.74, 6) is 0.926. The molecule has 1 atom stereocenters. The second-order valence-corrected chi connectivity index (χ2v) is 5.37. The molecule has 0 saturated carbocycles. The predicted octanol–water partition coefficient (Wildman–Crippen LogP) is 4.33. The fourth-order valence-corrected chi connectivity index (χ4v) is 2.91. The number of rotatable bonds is 10. The molecule has 0 aliphatic carbocycles. The van der Waals surface area contributed by atoms with Crippen LogP contribution in [0.25, 0.3) is 0 Å². The molecule has 0 radical (unpaired) electrons. The van der Waals surface area contributed by atoms with E-state index in [1.54, 1.807) is 0 Å².